The van der Waals surface area contributed by atoms with Gasteiger partial charge in [-0.3, -0.25) is 0 Å². The van der Waals surface area contributed by atoms with Crippen LogP contribution in [0.5, 0.6) is 0 Å². The molecule has 1 aromatic carbocycles. The van der Waals surface area contributed by atoms with Crippen LogP contribution in [0.4, 0.5) is 13.6 Å². The average Bonchev–Trinajstić information content (AvgIpc) is 3.37. The molecule has 3 atom stereocenters. The summed E-state index contributed by atoms with van der Waals surface area (Å²) in [5.41, 5.74) is 2.53. The molecular formula is C22H25F2N2O3+. The van der Waals surface area contributed by atoms with Crippen molar-refractivity contribution in [1.82, 2.24) is 4.90 Å². The Balaban J connectivity index is 1.72. The Morgan fingerprint density at radius 3 is 2.34 bits per heavy atom. The minimum absolute atomic E-state index is 0.0215. The number of aryl methyl sites for hydroxylation is 3. The minimum atomic E-state index is -2.77. The molecule has 1 aliphatic carbocycles. The summed E-state index contributed by atoms with van der Waals surface area (Å²) in [6.45, 7) is 6.27. The third-order valence-corrected chi connectivity index (χ3v) is 7.55. The standard InChI is InChI=1S/C22H25F2N2O3/c1-12-8-13(2)15(14(3)9-12)16-17(29-19(28)25(4)5)22-7-6-21(23,24)10-20(22)11-26(20,22)18(16)27/h8-9H,6-7,10-11H2,1-5H3/q+1. The van der Waals surface area contributed by atoms with Crippen molar-refractivity contribution >= 4 is 17.6 Å². The van der Waals surface area contributed by atoms with Crippen LogP contribution in [0.15, 0.2) is 17.9 Å². The van der Waals surface area contributed by atoms with Gasteiger partial charge >= 0.3 is 12.0 Å². The van der Waals surface area contributed by atoms with E-state index in [0.717, 1.165) is 22.3 Å². The second-order valence-corrected chi connectivity index (χ2v) is 9.44. The van der Waals surface area contributed by atoms with Crippen molar-refractivity contribution in [3.63, 3.8) is 0 Å². The predicted octanol–water partition coefficient (Wildman–Crippen LogP) is 3.70. The molecule has 2 amide bonds. The first-order valence-electron chi connectivity index (χ1n) is 9.97. The molecule has 154 valence electrons. The molecule has 3 fully saturated rings. The number of quaternary nitrogens is 1. The van der Waals surface area contributed by atoms with Crippen molar-refractivity contribution in [2.45, 2.75) is 57.0 Å². The molecule has 0 bridgehead atoms. The second-order valence-electron chi connectivity index (χ2n) is 9.44. The molecular weight excluding hydrogens is 378 g/mol. The normalized spacial score (nSPS) is 35.6. The van der Waals surface area contributed by atoms with E-state index in [1.807, 2.05) is 32.9 Å². The molecule has 29 heavy (non-hydrogen) atoms. The molecule has 3 aliphatic heterocycles. The zero-order valence-electron chi connectivity index (χ0n) is 17.4. The number of halogens is 2. The van der Waals surface area contributed by atoms with E-state index in [0.29, 0.717) is 17.9 Å². The second kappa shape index (κ2) is 5.06. The van der Waals surface area contributed by atoms with Crippen LogP contribution in [0, 0.1) is 20.8 Å². The van der Waals surface area contributed by atoms with Gasteiger partial charge in [0.05, 0.1) is 6.42 Å². The zero-order chi connectivity index (χ0) is 21.1. The Kier molecular flexibility index (Phi) is 3.27. The zero-order valence-corrected chi connectivity index (χ0v) is 17.4. The molecule has 0 N–H and O–H groups in total. The number of ether oxygens (including phenoxy) is 1. The molecule has 3 unspecified atom stereocenters. The molecule has 0 radical (unpaired) electrons. The fourth-order valence-electron chi connectivity index (χ4n) is 6.47. The summed E-state index contributed by atoms with van der Waals surface area (Å²) in [5.74, 6) is -2.62. The van der Waals surface area contributed by atoms with Crippen molar-refractivity contribution in [2.75, 3.05) is 20.6 Å². The Bertz CT molecular complexity index is 1020. The van der Waals surface area contributed by atoms with E-state index in [-0.39, 0.29) is 29.7 Å². The van der Waals surface area contributed by atoms with Crippen molar-refractivity contribution in [3.05, 3.63) is 40.1 Å². The smallest absolute Gasteiger partial charge is 0.407 e. The lowest BCUT2D eigenvalue weighted by molar-refractivity contribution is -0.654. The first-order valence-corrected chi connectivity index (χ1v) is 9.97. The summed E-state index contributed by atoms with van der Waals surface area (Å²) in [4.78, 5) is 27.5. The van der Waals surface area contributed by atoms with Gasteiger partial charge < -0.3 is 9.64 Å². The van der Waals surface area contributed by atoms with Gasteiger partial charge in [-0.15, -0.1) is 0 Å². The fourth-order valence-corrected chi connectivity index (χ4v) is 6.47. The summed E-state index contributed by atoms with van der Waals surface area (Å²) in [7, 11) is 3.14. The number of hydrogen-bond donors (Lipinski definition) is 0. The van der Waals surface area contributed by atoms with Gasteiger partial charge in [0.25, 0.3) is 5.92 Å². The quantitative estimate of drug-likeness (QED) is 0.559. The number of hydrogen-bond acceptors (Lipinski definition) is 3. The first-order chi connectivity index (χ1) is 13.4. The van der Waals surface area contributed by atoms with E-state index in [4.69, 9.17) is 4.74 Å². The highest BCUT2D eigenvalue weighted by Gasteiger charge is 3.13. The number of alkyl halides is 2. The third-order valence-electron chi connectivity index (χ3n) is 7.55. The SMILES string of the molecule is Cc1cc(C)c(C2=C(OC(=O)N(C)C)C34CCC(F)(F)CC35C[N+]54C2=O)c(C)c1. The lowest BCUT2D eigenvalue weighted by Gasteiger charge is -2.28. The molecule has 5 nitrogen and oxygen atoms in total. The number of rotatable bonds is 2. The Labute approximate surface area is 168 Å². The maximum absolute atomic E-state index is 14.2. The number of amides is 2. The van der Waals surface area contributed by atoms with Gasteiger partial charge in [0, 0.05) is 32.5 Å². The fraction of sp³-hybridized carbons (Fsp3) is 0.545. The summed E-state index contributed by atoms with van der Waals surface area (Å²) in [6, 6.07) is 3.99. The minimum Gasteiger partial charge on any atom is -0.407 e. The molecule has 3 spiro atoms. The highest BCUT2D eigenvalue weighted by molar-refractivity contribution is 6.23. The van der Waals surface area contributed by atoms with Gasteiger partial charge in [-0.1, -0.05) is 17.7 Å². The highest BCUT2D eigenvalue weighted by atomic mass is 19.3. The summed E-state index contributed by atoms with van der Waals surface area (Å²) in [6.07, 6.45) is -1.02. The Hall–Kier alpha value is -2.28. The van der Waals surface area contributed by atoms with E-state index >= 15 is 0 Å². The van der Waals surface area contributed by atoms with Crippen LogP contribution in [0.3, 0.4) is 0 Å². The van der Waals surface area contributed by atoms with Crippen LogP contribution < -0.4 is 0 Å². The number of carbonyl (C=O) groups is 2. The van der Waals surface area contributed by atoms with Crippen molar-refractivity contribution in [3.8, 4) is 0 Å². The topological polar surface area (TPSA) is 46.6 Å². The van der Waals surface area contributed by atoms with Crippen LogP contribution in [0.1, 0.15) is 41.5 Å². The third kappa shape index (κ3) is 1.88. The predicted molar refractivity (Wildman–Crippen MR) is 102 cm³/mol. The van der Waals surface area contributed by atoms with Crippen LogP contribution in [-0.4, -0.2) is 59.0 Å². The van der Waals surface area contributed by atoms with Crippen molar-refractivity contribution in [2.24, 2.45) is 0 Å². The monoisotopic (exact) mass is 403 g/mol. The lowest BCUT2D eigenvalue weighted by Crippen LogP contribution is -2.46. The van der Waals surface area contributed by atoms with E-state index in [1.165, 1.54) is 4.90 Å². The van der Waals surface area contributed by atoms with E-state index in [2.05, 4.69) is 0 Å². The lowest BCUT2D eigenvalue weighted by atomic mass is 9.75. The van der Waals surface area contributed by atoms with Gasteiger partial charge in [-0.25, -0.2) is 22.9 Å². The summed E-state index contributed by atoms with van der Waals surface area (Å²) >= 11 is 0. The van der Waals surface area contributed by atoms with E-state index in [1.54, 1.807) is 14.1 Å². The summed E-state index contributed by atoms with van der Waals surface area (Å²) in [5, 5.41) is 0. The maximum atomic E-state index is 14.2. The van der Waals surface area contributed by atoms with Crippen LogP contribution in [-0.2, 0) is 9.53 Å². The van der Waals surface area contributed by atoms with Gasteiger partial charge in [0.2, 0.25) is 11.1 Å². The first kappa shape index (κ1) is 18.7. The van der Waals surface area contributed by atoms with Crippen LogP contribution >= 0.6 is 0 Å². The van der Waals surface area contributed by atoms with Crippen molar-refractivity contribution < 1.29 is 27.6 Å². The molecule has 7 heteroatoms. The molecule has 0 aromatic heterocycles. The molecule has 2 saturated heterocycles. The number of nitrogens with zero attached hydrogens (tertiary/aromatic N) is 2. The number of carbonyl (C=O) groups excluding carboxylic acids is 2. The van der Waals surface area contributed by atoms with Gasteiger partial charge in [0.1, 0.15) is 5.57 Å². The Morgan fingerprint density at radius 2 is 1.76 bits per heavy atom. The van der Waals surface area contributed by atoms with E-state index in [9.17, 15) is 18.4 Å². The Morgan fingerprint density at radius 1 is 1.14 bits per heavy atom. The molecule has 3 heterocycles. The van der Waals surface area contributed by atoms with E-state index < -0.39 is 23.1 Å². The highest BCUT2D eigenvalue weighted by Crippen LogP contribution is 2.87. The van der Waals surface area contributed by atoms with Crippen LogP contribution in [0.25, 0.3) is 5.57 Å². The largest absolute Gasteiger partial charge is 0.414 e. The molecule has 1 aromatic rings. The van der Waals surface area contributed by atoms with Gasteiger partial charge in [0.15, 0.2) is 12.3 Å². The van der Waals surface area contributed by atoms with Crippen molar-refractivity contribution in [1.29, 1.82) is 0 Å². The molecule has 5 rings (SSSR count). The average molecular weight is 403 g/mol. The summed E-state index contributed by atoms with van der Waals surface area (Å²) < 4.78 is 34.3. The van der Waals surface area contributed by atoms with Gasteiger partial charge in [-0.2, -0.15) is 0 Å². The maximum Gasteiger partial charge on any atom is 0.414 e. The van der Waals surface area contributed by atoms with Gasteiger partial charge in [-0.05, 0) is 31.9 Å². The van der Waals surface area contributed by atoms with Crippen LogP contribution in [0.2, 0.25) is 0 Å². The molecule has 1 saturated carbocycles. The molecule has 4 aliphatic rings. The number of benzene rings is 1.